The van der Waals surface area contributed by atoms with Crippen LogP contribution in [0.25, 0.3) is 0 Å². The van der Waals surface area contributed by atoms with E-state index in [-0.39, 0.29) is 11.7 Å². The fraction of sp³-hybridized carbons (Fsp3) is 0.471. The third-order valence-corrected chi connectivity index (χ3v) is 5.42. The molecule has 0 fully saturated rings. The van der Waals surface area contributed by atoms with Crippen molar-refractivity contribution < 1.29 is 4.74 Å². The number of methoxy groups -OCH3 is 1. The lowest BCUT2D eigenvalue weighted by atomic mass is 10.1. The molecule has 1 aliphatic heterocycles. The molecule has 4 heterocycles. The molecule has 0 saturated carbocycles. The van der Waals surface area contributed by atoms with Gasteiger partial charge in [0.25, 0.3) is 0 Å². The number of aromatic nitrogens is 6. The quantitative estimate of drug-likeness (QED) is 0.708. The van der Waals surface area contributed by atoms with Crippen LogP contribution >= 0.6 is 11.3 Å². The summed E-state index contributed by atoms with van der Waals surface area (Å²) in [5, 5.41) is 10.9. The number of fused-ring (bicyclic) bond motifs is 1. The molecule has 0 spiro atoms. The highest BCUT2D eigenvalue weighted by Gasteiger charge is 2.21. The summed E-state index contributed by atoms with van der Waals surface area (Å²) in [5.74, 6) is 2.08. The lowest BCUT2D eigenvalue weighted by molar-refractivity contribution is 0.397. The molecule has 3 aromatic rings. The molecule has 0 amide bonds. The number of hydrogen-bond donors (Lipinski definition) is 1. The first kappa shape index (κ1) is 17.7. The van der Waals surface area contributed by atoms with E-state index in [9.17, 15) is 4.79 Å². The first-order chi connectivity index (χ1) is 13.1. The lowest BCUT2D eigenvalue weighted by Crippen LogP contribution is -2.27. The van der Waals surface area contributed by atoms with E-state index in [1.165, 1.54) is 11.0 Å². The van der Waals surface area contributed by atoms with Gasteiger partial charge in [-0.2, -0.15) is 5.10 Å². The summed E-state index contributed by atoms with van der Waals surface area (Å²) in [4.78, 5) is 25.4. The van der Waals surface area contributed by atoms with Crippen LogP contribution in [0.5, 0.6) is 5.88 Å². The van der Waals surface area contributed by atoms with Gasteiger partial charge in [0.1, 0.15) is 18.0 Å². The van der Waals surface area contributed by atoms with E-state index in [4.69, 9.17) is 4.74 Å². The Hall–Kier alpha value is -2.75. The van der Waals surface area contributed by atoms with Crippen molar-refractivity contribution in [1.29, 1.82) is 0 Å². The maximum atomic E-state index is 12.7. The molecule has 1 unspecified atom stereocenters. The molecule has 0 aliphatic carbocycles. The lowest BCUT2D eigenvalue weighted by Gasteiger charge is -2.16. The molecule has 0 bridgehead atoms. The van der Waals surface area contributed by atoms with Gasteiger partial charge in [0.15, 0.2) is 0 Å². The topological polar surface area (TPSA) is 99.8 Å². The van der Waals surface area contributed by atoms with Crippen LogP contribution in [0.2, 0.25) is 0 Å². The molecule has 4 rings (SSSR count). The predicted octanol–water partition coefficient (Wildman–Crippen LogP) is 1.47. The molecular weight excluding hydrogens is 366 g/mol. The van der Waals surface area contributed by atoms with Gasteiger partial charge in [0, 0.05) is 30.5 Å². The minimum absolute atomic E-state index is 0.0694. The van der Waals surface area contributed by atoms with Crippen LogP contribution in [0.1, 0.15) is 29.4 Å². The minimum Gasteiger partial charge on any atom is -0.481 e. The summed E-state index contributed by atoms with van der Waals surface area (Å²) in [6, 6.07) is 1.98. The van der Waals surface area contributed by atoms with Gasteiger partial charge in [0.05, 0.1) is 24.4 Å². The summed E-state index contributed by atoms with van der Waals surface area (Å²) < 4.78 is 8.43. The fourth-order valence-electron chi connectivity index (χ4n) is 3.25. The molecular formula is C17H21N7O2S. The third-order valence-electron chi connectivity index (χ3n) is 4.60. The molecule has 0 radical (unpaired) electrons. The number of thiazole rings is 1. The largest absolute Gasteiger partial charge is 0.481 e. The molecule has 142 valence electrons. The summed E-state index contributed by atoms with van der Waals surface area (Å²) in [6.45, 7) is 3.01. The minimum atomic E-state index is -0.0694. The van der Waals surface area contributed by atoms with Crippen molar-refractivity contribution in [2.24, 2.45) is 0 Å². The predicted molar refractivity (Wildman–Crippen MR) is 101 cm³/mol. The van der Waals surface area contributed by atoms with Gasteiger partial charge in [0.2, 0.25) is 5.88 Å². The van der Waals surface area contributed by atoms with E-state index in [1.54, 1.807) is 29.1 Å². The zero-order valence-electron chi connectivity index (χ0n) is 15.3. The zero-order chi connectivity index (χ0) is 18.8. The second-order valence-corrected chi connectivity index (χ2v) is 7.54. The van der Waals surface area contributed by atoms with Gasteiger partial charge < -0.3 is 10.1 Å². The molecule has 10 heteroatoms. The van der Waals surface area contributed by atoms with E-state index in [1.807, 2.05) is 12.3 Å². The maximum Gasteiger partial charge on any atom is 0.346 e. The number of aryl methyl sites for hydroxylation is 2. The van der Waals surface area contributed by atoms with Gasteiger partial charge in [-0.15, -0.1) is 11.3 Å². The van der Waals surface area contributed by atoms with E-state index in [0.29, 0.717) is 19.0 Å². The number of rotatable bonds is 5. The van der Waals surface area contributed by atoms with Crippen LogP contribution < -0.4 is 15.7 Å². The molecule has 9 nitrogen and oxygen atoms in total. The average Bonchev–Trinajstić information content (AvgIpc) is 3.14. The molecule has 3 aromatic heterocycles. The highest BCUT2D eigenvalue weighted by Crippen LogP contribution is 2.18. The fourth-order valence-corrected chi connectivity index (χ4v) is 3.85. The highest BCUT2D eigenvalue weighted by atomic mass is 32.1. The molecule has 1 aliphatic rings. The van der Waals surface area contributed by atoms with Crippen LogP contribution in [-0.4, -0.2) is 42.5 Å². The molecule has 0 saturated heterocycles. The summed E-state index contributed by atoms with van der Waals surface area (Å²) >= 11 is 1.58. The number of ether oxygens (including phenoxy) is 1. The van der Waals surface area contributed by atoms with Gasteiger partial charge in [-0.25, -0.2) is 24.4 Å². The maximum absolute atomic E-state index is 12.7. The van der Waals surface area contributed by atoms with Crippen molar-refractivity contribution in [3.8, 4) is 5.88 Å². The van der Waals surface area contributed by atoms with E-state index < -0.39 is 0 Å². The van der Waals surface area contributed by atoms with Crippen molar-refractivity contribution in [1.82, 2.24) is 29.3 Å². The Morgan fingerprint density at radius 2 is 2.26 bits per heavy atom. The second kappa shape index (κ2) is 7.47. The Labute approximate surface area is 160 Å². The second-order valence-electron chi connectivity index (χ2n) is 6.48. The number of anilines is 1. The summed E-state index contributed by atoms with van der Waals surface area (Å²) in [7, 11) is 1.58. The highest BCUT2D eigenvalue weighted by molar-refractivity contribution is 7.09. The Balaban J connectivity index is 1.45. The Bertz CT molecular complexity index is 993. The van der Waals surface area contributed by atoms with Crippen molar-refractivity contribution in [3.63, 3.8) is 0 Å². The molecule has 27 heavy (non-hydrogen) atoms. The van der Waals surface area contributed by atoms with Gasteiger partial charge >= 0.3 is 5.69 Å². The first-order valence-electron chi connectivity index (χ1n) is 8.82. The standard InChI is InChI=1S/C17H21N7O2S/c1-11-20-13(9-27-11)8-24-17(25)23-6-5-12(3-4-15(23)22-24)21-14-7-16(26-2)19-10-18-14/h7,9-10,12H,3-6,8H2,1-2H3,(H,18,19,21). The van der Waals surface area contributed by atoms with Gasteiger partial charge in [-0.1, -0.05) is 0 Å². The normalized spacial score (nSPS) is 16.6. The Kier molecular flexibility index (Phi) is 4.88. The van der Waals surface area contributed by atoms with Crippen LogP contribution in [0.3, 0.4) is 0 Å². The van der Waals surface area contributed by atoms with E-state index in [0.717, 1.165) is 41.6 Å². The van der Waals surface area contributed by atoms with Gasteiger partial charge in [-0.05, 0) is 19.8 Å². The van der Waals surface area contributed by atoms with Gasteiger partial charge in [-0.3, -0.25) is 4.57 Å². The van der Waals surface area contributed by atoms with Crippen molar-refractivity contribution in [2.45, 2.75) is 45.3 Å². The monoisotopic (exact) mass is 387 g/mol. The molecule has 0 aromatic carbocycles. The zero-order valence-corrected chi connectivity index (χ0v) is 16.1. The van der Waals surface area contributed by atoms with Crippen molar-refractivity contribution in [3.05, 3.63) is 44.8 Å². The SMILES string of the molecule is COc1cc(NC2CCc3nn(Cc4csc(C)n4)c(=O)n3CC2)ncn1. The van der Waals surface area contributed by atoms with Crippen LogP contribution in [0.15, 0.2) is 22.6 Å². The molecule has 1 atom stereocenters. The Morgan fingerprint density at radius 1 is 1.37 bits per heavy atom. The first-order valence-corrected chi connectivity index (χ1v) is 9.70. The van der Waals surface area contributed by atoms with E-state index >= 15 is 0 Å². The number of nitrogens with zero attached hydrogens (tertiary/aromatic N) is 6. The molecule has 1 N–H and O–H groups in total. The van der Waals surface area contributed by atoms with E-state index in [2.05, 4.69) is 25.4 Å². The van der Waals surface area contributed by atoms with Crippen LogP contribution in [0, 0.1) is 6.92 Å². The number of nitrogens with one attached hydrogen (secondary N) is 1. The van der Waals surface area contributed by atoms with Crippen LogP contribution in [0.4, 0.5) is 5.82 Å². The number of hydrogen-bond acceptors (Lipinski definition) is 8. The smallest absolute Gasteiger partial charge is 0.346 e. The van der Waals surface area contributed by atoms with Crippen molar-refractivity contribution >= 4 is 17.2 Å². The van der Waals surface area contributed by atoms with Crippen molar-refractivity contribution in [2.75, 3.05) is 12.4 Å². The summed E-state index contributed by atoms with van der Waals surface area (Å²) in [5.41, 5.74) is 0.810. The summed E-state index contributed by atoms with van der Waals surface area (Å²) in [6.07, 6.45) is 3.90. The average molecular weight is 387 g/mol. The third kappa shape index (κ3) is 3.85. The van der Waals surface area contributed by atoms with Crippen LogP contribution in [-0.2, 0) is 19.5 Å². The Morgan fingerprint density at radius 3 is 3.04 bits per heavy atom.